The Morgan fingerprint density at radius 2 is 2.11 bits per heavy atom. The molecule has 0 atom stereocenters. The molecule has 94 valence electrons. The van der Waals surface area contributed by atoms with Crippen LogP contribution in [-0.4, -0.2) is 43.1 Å². The first kappa shape index (κ1) is 11.9. The highest BCUT2D eigenvalue weighted by molar-refractivity contribution is 6.01. The van der Waals surface area contributed by atoms with Gasteiger partial charge in [0.2, 0.25) is 5.95 Å². The number of aryl methyl sites for hydroxylation is 2. The molecular weight excluding hydrogens is 236 g/mol. The van der Waals surface area contributed by atoms with Gasteiger partial charge in [-0.1, -0.05) is 5.10 Å². The topological polar surface area (TPSA) is 111 Å². The first-order chi connectivity index (χ1) is 8.58. The minimum Gasteiger partial charge on any atom is -0.357 e. The lowest BCUT2D eigenvalue weighted by atomic mass is 10.3. The number of hydrogen-bond donors (Lipinski definition) is 2. The van der Waals surface area contributed by atoms with Crippen molar-refractivity contribution in [3.05, 3.63) is 17.5 Å². The molecule has 0 aliphatic heterocycles. The van der Waals surface area contributed by atoms with Gasteiger partial charge in [0.15, 0.2) is 0 Å². The van der Waals surface area contributed by atoms with Gasteiger partial charge >= 0.3 is 0 Å². The quantitative estimate of drug-likeness (QED) is 0.760. The number of aromatic nitrogens is 6. The number of nitrogens with zero attached hydrogens (tertiary/aromatic N) is 6. The van der Waals surface area contributed by atoms with Crippen molar-refractivity contribution in [1.82, 2.24) is 30.2 Å². The fourth-order valence-electron chi connectivity index (χ4n) is 1.30. The van der Waals surface area contributed by atoms with Crippen molar-refractivity contribution in [1.29, 1.82) is 0 Å². The predicted octanol–water partition coefficient (Wildman–Crippen LogP) is -0.397. The fraction of sp³-hybridized carbons (Fsp3) is 0.333. The number of rotatable bonds is 3. The molecule has 2 rings (SSSR count). The maximum absolute atomic E-state index is 11.9. The number of hydrogen-bond acceptors (Lipinski definition) is 7. The average Bonchev–Trinajstić information content (AvgIpc) is 2.73. The summed E-state index contributed by atoms with van der Waals surface area (Å²) >= 11 is 0. The second-order valence-electron chi connectivity index (χ2n) is 3.52. The third kappa shape index (κ3) is 2.56. The van der Waals surface area contributed by atoms with Gasteiger partial charge in [-0.2, -0.15) is 4.80 Å². The molecule has 0 saturated heterocycles. The highest BCUT2D eigenvalue weighted by Gasteiger charge is 2.12. The summed E-state index contributed by atoms with van der Waals surface area (Å²) in [5.41, 5.74) is 0.922. The molecule has 0 aromatic carbocycles. The zero-order valence-corrected chi connectivity index (χ0v) is 10.2. The molecule has 2 aromatic rings. The normalized spacial score (nSPS) is 10.2. The van der Waals surface area contributed by atoms with Crippen molar-refractivity contribution in [2.75, 3.05) is 17.7 Å². The molecule has 0 unspecified atom stereocenters. The smallest absolute Gasteiger partial charge is 0.276 e. The van der Waals surface area contributed by atoms with E-state index < -0.39 is 5.91 Å². The zero-order chi connectivity index (χ0) is 13.1. The SMILES string of the molecule is CNc1nc(C)cc(C(=O)Nc2nnn(C)n2)n1. The fourth-order valence-corrected chi connectivity index (χ4v) is 1.30. The number of amides is 1. The van der Waals surface area contributed by atoms with E-state index in [9.17, 15) is 4.79 Å². The molecule has 2 aromatic heterocycles. The van der Waals surface area contributed by atoms with Gasteiger partial charge < -0.3 is 5.32 Å². The second-order valence-corrected chi connectivity index (χ2v) is 3.52. The van der Waals surface area contributed by atoms with Gasteiger partial charge in [-0.05, 0) is 18.2 Å². The summed E-state index contributed by atoms with van der Waals surface area (Å²) in [6.45, 7) is 1.78. The van der Waals surface area contributed by atoms with Crippen LogP contribution in [0.4, 0.5) is 11.9 Å². The highest BCUT2D eigenvalue weighted by Crippen LogP contribution is 2.06. The molecule has 1 amide bonds. The third-order valence-corrected chi connectivity index (χ3v) is 2.04. The minimum absolute atomic E-state index is 0.129. The largest absolute Gasteiger partial charge is 0.357 e. The van der Waals surface area contributed by atoms with E-state index in [4.69, 9.17) is 0 Å². The van der Waals surface area contributed by atoms with Crippen LogP contribution in [0, 0.1) is 6.92 Å². The summed E-state index contributed by atoms with van der Waals surface area (Å²) in [4.78, 5) is 21.3. The molecule has 9 nitrogen and oxygen atoms in total. The standard InChI is InChI=1S/C9H12N8O/c1-5-4-6(12-8(10-2)11-5)7(18)13-9-14-16-17(3)15-9/h4H,1-3H3,(H,10,11,12)(H,13,15,18). The van der Waals surface area contributed by atoms with Crippen LogP contribution in [-0.2, 0) is 7.05 Å². The molecule has 2 heterocycles. The number of anilines is 2. The van der Waals surface area contributed by atoms with E-state index in [-0.39, 0.29) is 11.6 Å². The molecular formula is C9H12N8O. The molecule has 0 radical (unpaired) electrons. The summed E-state index contributed by atoms with van der Waals surface area (Å²) in [5, 5.41) is 16.4. The molecule has 0 saturated carbocycles. The van der Waals surface area contributed by atoms with E-state index in [0.717, 1.165) is 0 Å². The first-order valence-corrected chi connectivity index (χ1v) is 5.17. The molecule has 0 aliphatic rings. The van der Waals surface area contributed by atoms with Gasteiger partial charge in [0.25, 0.3) is 11.9 Å². The van der Waals surface area contributed by atoms with E-state index in [1.165, 1.54) is 4.80 Å². The van der Waals surface area contributed by atoms with Crippen molar-refractivity contribution in [2.45, 2.75) is 6.92 Å². The Bertz CT molecular complexity index is 578. The number of carbonyl (C=O) groups excluding carboxylic acids is 1. The lowest BCUT2D eigenvalue weighted by molar-refractivity contribution is 0.102. The van der Waals surface area contributed by atoms with Crippen molar-refractivity contribution < 1.29 is 4.79 Å². The van der Waals surface area contributed by atoms with Crippen LogP contribution < -0.4 is 10.6 Å². The Morgan fingerprint density at radius 3 is 2.72 bits per heavy atom. The highest BCUT2D eigenvalue weighted by atomic mass is 16.2. The van der Waals surface area contributed by atoms with E-state index in [0.29, 0.717) is 11.6 Å². The van der Waals surface area contributed by atoms with E-state index in [2.05, 4.69) is 36.0 Å². The van der Waals surface area contributed by atoms with Crippen LogP contribution in [0.3, 0.4) is 0 Å². The Hall–Kier alpha value is -2.58. The van der Waals surface area contributed by atoms with Gasteiger partial charge in [-0.3, -0.25) is 10.1 Å². The van der Waals surface area contributed by atoms with Crippen molar-refractivity contribution >= 4 is 17.8 Å². The van der Waals surface area contributed by atoms with Crippen LogP contribution >= 0.6 is 0 Å². The lowest BCUT2D eigenvalue weighted by Gasteiger charge is -2.04. The van der Waals surface area contributed by atoms with Crippen molar-refractivity contribution in [2.24, 2.45) is 7.05 Å². The maximum Gasteiger partial charge on any atom is 0.276 e. The molecule has 0 fully saturated rings. The van der Waals surface area contributed by atoms with Gasteiger partial charge in [0.1, 0.15) is 5.69 Å². The van der Waals surface area contributed by atoms with E-state index in [1.807, 2.05) is 0 Å². The van der Waals surface area contributed by atoms with Crippen LogP contribution in [0.2, 0.25) is 0 Å². The Balaban J connectivity index is 2.20. The molecule has 2 N–H and O–H groups in total. The Labute approximate surface area is 103 Å². The van der Waals surface area contributed by atoms with Gasteiger partial charge in [0, 0.05) is 12.7 Å². The van der Waals surface area contributed by atoms with Crippen LogP contribution in [0.1, 0.15) is 16.2 Å². The number of tetrazole rings is 1. The van der Waals surface area contributed by atoms with E-state index in [1.54, 1.807) is 27.1 Å². The molecule has 0 aliphatic carbocycles. The Morgan fingerprint density at radius 1 is 1.33 bits per heavy atom. The monoisotopic (exact) mass is 248 g/mol. The van der Waals surface area contributed by atoms with Crippen molar-refractivity contribution in [3.8, 4) is 0 Å². The lowest BCUT2D eigenvalue weighted by Crippen LogP contribution is -2.16. The van der Waals surface area contributed by atoms with Crippen molar-refractivity contribution in [3.63, 3.8) is 0 Å². The van der Waals surface area contributed by atoms with Crippen LogP contribution in [0.5, 0.6) is 0 Å². The third-order valence-electron chi connectivity index (χ3n) is 2.04. The van der Waals surface area contributed by atoms with E-state index >= 15 is 0 Å². The summed E-state index contributed by atoms with van der Waals surface area (Å²) in [6, 6.07) is 1.58. The first-order valence-electron chi connectivity index (χ1n) is 5.17. The van der Waals surface area contributed by atoms with Crippen LogP contribution in [0.25, 0.3) is 0 Å². The number of nitrogens with one attached hydrogen (secondary N) is 2. The maximum atomic E-state index is 11.9. The predicted molar refractivity (Wildman–Crippen MR) is 63.1 cm³/mol. The van der Waals surface area contributed by atoms with Gasteiger partial charge in [-0.15, -0.1) is 5.10 Å². The molecule has 0 spiro atoms. The summed E-state index contributed by atoms with van der Waals surface area (Å²) in [5.74, 6) is 0.0991. The Kier molecular flexibility index (Phi) is 3.13. The average molecular weight is 248 g/mol. The molecule has 0 bridgehead atoms. The zero-order valence-electron chi connectivity index (χ0n) is 10.2. The summed E-state index contributed by atoms with van der Waals surface area (Å²) in [6.07, 6.45) is 0. The molecule has 9 heteroatoms. The molecule has 18 heavy (non-hydrogen) atoms. The van der Waals surface area contributed by atoms with Crippen LogP contribution in [0.15, 0.2) is 6.07 Å². The minimum atomic E-state index is -0.412. The van der Waals surface area contributed by atoms with Gasteiger partial charge in [-0.25, -0.2) is 9.97 Å². The number of carbonyl (C=O) groups is 1. The second kappa shape index (κ2) is 4.73. The summed E-state index contributed by atoms with van der Waals surface area (Å²) in [7, 11) is 3.29. The van der Waals surface area contributed by atoms with Gasteiger partial charge in [0.05, 0.1) is 7.05 Å². The summed E-state index contributed by atoms with van der Waals surface area (Å²) < 4.78 is 0.